The van der Waals surface area contributed by atoms with Crippen molar-refractivity contribution in [2.75, 3.05) is 11.6 Å². The van der Waals surface area contributed by atoms with Crippen LogP contribution in [0, 0.1) is 15.5 Å². The number of amides is 4. The first-order valence-corrected chi connectivity index (χ1v) is 8.22. The molecule has 0 aromatic heterocycles. The molecular formula is C16H15N7O7. The van der Waals surface area contributed by atoms with Crippen molar-refractivity contribution < 1.29 is 29.0 Å². The first-order chi connectivity index (χ1) is 14.2. The fourth-order valence-electron chi connectivity index (χ4n) is 2.61. The van der Waals surface area contributed by atoms with E-state index in [1.54, 1.807) is 0 Å². The number of guanidine groups is 1. The van der Waals surface area contributed by atoms with Crippen molar-refractivity contribution in [3.05, 3.63) is 39.9 Å². The fraction of sp³-hybridized carbons (Fsp3) is 0.250. The van der Waals surface area contributed by atoms with Gasteiger partial charge in [-0.15, -0.1) is 0 Å². The zero-order valence-corrected chi connectivity index (χ0v) is 15.2. The number of nitrogens with zero attached hydrogens (tertiary/aromatic N) is 3. The Hall–Kier alpha value is -4.36. The van der Waals surface area contributed by atoms with Crippen molar-refractivity contribution in [3.8, 4) is 0 Å². The predicted octanol–water partition coefficient (Wildman–Crippen LogP) is -1.73. The number of carbonyl (C=O) groups is 3. The van der Waals surface area contributed by atoms with Gasteiger partial charge in [0.1, 0.15) is 24.3 Å². The lowest BCUT2D eigenvalue weighted by Crippen LogP contribution is -2.45. The molecular weight excluding hydrogens is 402 g/mol. The number of hydrogen-bond acceptors (Lipinski definition) is 8. The Morgan fingerprint density at radius 3 is 2.50 bits per heavy atom. The number of rotatable bonds is 9. The van der Waals surface area contributed by atoms with Crippen molar-refractivity contribution in [3.63, 3.8) is 0 Å². The quantitative estimate of drug-likeness (QED) is 0.118. The summed E-state index contributed by atoms with van der Waals surface area (Å²) in [6.45, 7) is -0.699. The van der Waals surface area contributed by atoms with Crippen LogP contribution in [0.15, 0.2) is 24.3 Å². The Kier molecular flexibility index (Phi) is 6.74. The van der Waals surface area contributed by atoms with Gasteiger partial charge in [-0.25, -0.2) is 14.9 Å². The van der Waals surface area contributed by atoms with Gasteiger partial charge in [-0.2, -0.15) is 0 Å². The molecule has 2 atom stereocenters. The molecule has 1 aliphatic heterocycles. The average molecular weight is 417 g/mol. The summed E-state index contributed by atoms with van der Waals surface area (Å²) in [5.41, 5.74) is 5.38. The summed E-state index contributed by atoms with van der Waals surface area (Å²) in [5.74, 6) is -2.46. The van der Waals surface area contributed by atoms with E-state index >= 15 is 0 Å². The molecule has 14 nitrogen and oxygen atoms in total. The summed E-state index contributed by atoms with van der Waals surface area (Å²) in [4.78, 5) is 69.1. The molecule has 156 valence electrons. The van der Waals surface area contributed by atoms with Gasteiger partial charge in [0, 0.05) is 6.42 Å². The van der Waals surface area contributed by atoms with Crippen LogP contribution in [0.1, 0.15) is 18.0 Å². The van der Waals surface area contributed by atoms with Gasteiger partial charge in [0.2, 0.25) is 18.5 Å². The number of anilines is 1. The van der Waals surface area contributed by atoms with E-state index < -0.39 is 53.9 Å². The molecule has 1 aliphatic rings. The van der Waals surface area contributed by atoms with Crippen LogP contribution in [-0.4, -0.2) is 58.9 Å². The van der Waals surface area contributed by atoms with Gasteiger partial charge in [-0.1, -0.05) is 12.1 Å². The van der Waals surface area contributed by atoms with Crippen molar-refractivity contribution in [2.45, 2.75) is 18.5 Å². The van der Waals surface area contributed by atoms with Crippen LogP contribution < -0.4 is 21.4 Å². The SMILES string of the molecule is N=C(N)N(c1ccc(C2NC(=O)N(CC(=O)N[C@H]([C]=O)C[C]=O)C2=O)cc1)[N+](=O)[O-]. The highest BCUT2D eigenvalue weighted by Crippen LogP contribution is 2.24. The zero-order valence-electron chi connectivity index (χ0n) is 15.2. The van der Waals surface area contributed by atoms with E-state index in [1.807, 2.05) is 0 Å². The van der Waals surface area contributed by atoms with E-state index in [1.165, 1.54) is 36.8 Å². The van der Waals surface area contributed by atoms with Gasteiger partial charge in [-0.05, 0) is 22.7 Å². The van der Waals surface area contributed by atoms with E-state index in [9.17, 15) is 34.1 Å². The van der Waals surface area contributed by atoms with Crippen LogP contribution in [-0.2, 0) is 19.2 Å². The second kappa shape index (κ2) is 9.22. The summed E-state index contributed by atoms with van der Waals surface area (Å²) in [5, 5.41) is 22.1. The number of nitrogens with one attached hydrogen (secondary N) is 3. The maximum Gasteiger partial charge on any atom is 0.325 e. The Bertz CT molecular complexity index is 888. The van der Waals surface area contributed by atoms with E-state index in [-0.39, 0.29) is 11.3 Å². The second-order valence-corrected chi connectivity index (χ2v) is 5.92. The lowest BCUT2D eigenvalue weighted by atomic mass is 10.1. The molecule has 0 bridgehead atoms. The molecule has 5 N–H and O–H groups in total. The Morgan fingerprint density at radius 2 is 2.00 bits per heavy atom. The van der Waals surface area contributed by atoms with Crippen LogP contribution in [0.5, 0.6) is 0 Å². The smallest absolute Gasteiger partial charge is 0.325 e. The van der Waals surface area contributed by atoms with Crippen LogP contribution in [0.4, 0.5) is 10.5 Å². The first-order valence-electron chi connectivity index (χ1n) is 8.22. The third-order valence-corrected chi connectivity index (χ3v) is 3.96. The summed E-state index contributed by atoms with van der Waals surface area (Å²) < 4.78 is 0. The molecule has 0 aliphatic carbocycles. The molecule has 1 heterocycles. The molecule has 1 fully saturated rings. The standard InChI is InChI=1S/C16H15N7O7/c17-15(18)22(23(29)30)11-3-1-9(2-4-11)13-14(27)21(16(28)20-13)7-12(26)19-10(8-25)5-6-24/h1-4,10,13H,5,7H2,(H3,17,18)(H,19,26)(H,20,28)/t10-,13?/m0/s1. The van der Waals surface area contributed by atoms with Crippen LogP contribution in [0.2, 0.25) is 0 Å². The highest BCUT2D eigenvalue weighted by molar-refractivity contribution is 6.07. The lowest BCUT2D eigenvalue weighted by molar-refractivity contribution is -0.479. The summed E-state index contributed by atoms with van der Waals surface area (Å²) in [6.07, 6.45) is 2.43. The Labute approximate surface area is 168 Å². The third kappa shape index (κ3) is 4.73. The number of carbonyl (C=O) groups excluding carboxylic acids is 5. The number of benzene rings is 1. The number of imide groups is 1. The van der Waals surface area contributed by atoms with Gasteiger partial charge < -0.3 is 16.4 Å². The minimum absolute atomic E-state index is 0.0487. The van der Waals surface area contributed by atoms with Crippen LogP contribution >= 0.6 is 0 Å². The normalized spacial score (nSPS) is 16.4. The Morgan fingerprint density at radius 1 is 1.37 bits per heavy atom. The first kappa shape index (κ1) is 21.9. The maximum atomic E-state index is 12.5. The zero-order chi connectivity index (χ0) is 22.4. The van der Waals surface area contributed by atoms with Gasteiger partial charge >= 0.3 is 6.03 Å². The van der Waals surface area contributed by atoms with E-state index in [4.69, 9.17) is 11.1 Å². The van der Waals surface area contributed by atoms with E-state index in [0.717, 1.165) is 0 Å². The summed E-state index contributed by atoms with van der Waals surface area (Å²) in [7, 11) is 0. The molecule has 1 saturated heterocycles. The maximum absolute atomic E-state index is 12.5. The van der Waals surface area contributed by atoms with Crippen LogP contribution in [0.3, 0.4) is 0 Å². The number of urea groups is 1. The van der Waals surface area contributed by atoms with E-state index in [2.05, 4.69) is 10.6 Å². The largest absolute Gasteiger partial charge is 0.365 e. The highest BCUT2D eigenvalue weighted by Gasteiger charge is 2.40. The third-order valence-electron chi connectivity index (χ3n) is 3.96. The molecule has 1 aromatic carbocycles. The van der Waals surface area contributed by atoms with Gasteiger partial charge in [0.25, 0.3) is 11.9 Å². The molecule has 2 radical (unpaired) electrons. The second-order valence-electron chi connectivity index (χ2n) is 5.92. The summed E-state index contributed by atoms with van der Waals surface area (Å²) >= 11 is 0. The van der Waals surface area contributed by atoms with Crippen LogP contribution in [0.25, 0.3) is 0 Å². The van der Waals surface area contributed by atoms with Gasteiger partial charge in [0.05, 0.1) is 0 Å². The number of nitrogens with two attached hydrogens (primary N) is 1. The Balaban J connectivity index is 2.11. The number of hydrogen-bond donors (Lipinski definition) is 4. The van der Waals surface area contributed by atoms with E-state index in [0.29, 0.717) is 9.91 Å². The minimum Gasteiger partial charge on any atom is -0.365 e. The molecule has 1 unspecified atom stereocenters. The molecule has 2 rings (SSSR count). The average Bonchev–Trinajstić information content (AvgIpc) is 2.96. The number of nitro groups is 1. The topological polar surface area (TPSA) is 209 Å². The highest BCUT2D eigenvalue weighted by atomic mass is 16.7. The minimum atomic E-state index is -1.25. The van der Waals surface area contributed by atoms with Gasteiger partial charge in [0.15, 0.2) is 5.03 Å². The molecule has 14 heteroatoms. The molecule has 4 amide bonds. The van der Waals surface area contributed by atoms with Gasteiger partial charge in [-0.3, -0.25) is 29.5 Å². The van der Waals surface area contributed by atoms with Crippen molar-refractivity contribution in [1.29, 1.82) is 5.41 Å². The monoisotopic (exact) mass is 417 g/mol. The molecule has 1 aromatic rings. The molecule has 0 spiro atoms. The number of hydrazine groups is 1. The van der Waals surface area contributed by atoms with Crippen molar-refractivity contribution in [1.82, 2.24) is 15.5 Å². The molecule has 0 saturated carbocycles. The van der Waals surface area contributed by atoms with Crippen molar-refractivity contribution >= 4 is 42.1 Å². The summed E-state index contributed by atoms with van der Waals surface area (Å²) in [6, 6.07) is 1.83. The van der Waals surface area contributed by atoms with Crippen molar-refractivity contribution in [2.24, 2.45) is 5.73 Å². The fourth-order valence-corrected chi connectivity index (χ4v) is 2.61. The lowest BCUT2D eigenvalue weighted by Gasteiger charge is -2.15. The molecule has 30 heavy (non-hydrogen) atoms. The predicted molar refractivity (Wildman–Crippen MR) is 98.7 cm³/mol.